The second-order valence-corrected chi connectivity index (χ2v) is 8.35. The minimum atomic E-state index is -3.53. The van der Waals surface area contributed by atoms with Crippen LogP contribution in [0.1, 0.15) is 26.2 Å². The van der Waals surface area contributed by atoms with Crippen LogP contribution in [0, 0.1) is 5.92 Å². The third-order valence-corrected chi connectivity index (χ3v) is 6.41. The van der Waals surface area contributed by atoms with E-state index >= 15 is 0 Å². The van der Waals surface area contributed by atoms with Crippen molar-refractivity contribution in [1.29, 1.82) is 0 Å². The Bertz CT molecular complexity index is 656. The lowest BCUT2D eigenvalue weighted by molar-refractivity contribution is -0.126. The smallest absolute Gasteiger partial charge is 0.243 e. The van der Waals surface area contributed by atoms with Gasteiger partial charge in [0, 0.05) is 43.8 Å². The molecule has 1 amide bonds. The van der Waals surface area contributed by atoms with Crippen molar-refractivity contribution in [3.8, 4) is 0 Å². The summed E-state index contributed by atoms with van der Waals surface area (Å²) in [7, 11) is -3.53. The van der Waals surface area contributed by atoms with Crippen molar-refractivity contribution in [2.45, 2.75) is 31.1 Å². The maximum atomic E-state index is 12.6. The van der Waals surface area contributed by atoms with Crippen molar-refractivity contribution in [2.24, 2.45) is 5.92 Å². The fraction of sp³-hybridized carbons (Fsp3) is 0.588. The van der Waals surface area contributed by atoms with Crippen LogP contribution < -0.4 is 5.32 Å². The maximum absolute atomic E-state index is 12.6. The van der Waals surface area contributed by atoms with E-state index in [4.69, 9.17) is 16.3 Å². The molecule has 1 saturated heterocycles. The summed E-state index contributed by atoms with van der Waals surface area (Å²) in [6, 6.07) is 6.15. The Labute approximate surface area is 154 Å². The molecule has 1 heterocycles. The molecule has 8 heteroatoms. The molecule has 0 saturated carbocycles. The van der Waals surface area contributed by atoms with E-state index in [9.17, 15) is 13.2 Å². The van der Waals surface area contributed by atoms with E-state index in [1.54, 1.807) is 12.1 Å². The van der Waals surface area contributed by atoms with Crippen molar-refractivity contribution in [1.82, 2.24) is 9.62 Å². The molecule has 25 heavy (non-hydrogen) atoms. The van der Waals surface area contributed by atoms with Crippen LogP contribution in [0.4, 0.5) is 0 Å². The fourth-order valence-corrected chi connectivity index (χ4v) is 4.38. The number of carbonyl (C=O) groups is 1. The summed E-state index contributed by atoms with van der Waals surface area (Å²) in [5.74, 6) is -0.135. The zero-order valence-corrected chi connectivity index (χ0v) is 16.0. The number of nitrogens with one attached hydrogen (secondary N) is 1. The van der Waals surface area contributed by atoms with Gasteiger partial charge < -0.3 is 10.1 Å². The molecule has 6 nitrogen and oxygen atoms in total. The van der Waals surface area contributed by atoms with Crippen molar-refractivity contribution < 1.29 is 17.9 Å². The van der Waals surface area contributed by atoms with Crippen molar-refractivity contribution in [2.75, 3.05) is 32.8 Å². The fourth-order valence-electron chi connectivity index (χ4n) is 2.79. The zero-order valence-electron chi connectivity index (χ0n) is 14.4. The van der Waals surface area contributed by atoms with Gasteiger partial charge in [0.25, 0.3) is 0 Å². The Balaban J connectivity index is 1.82. The summed E-state index contributed by atoms with van der Waals surface area (Å²) in [4.78, 5) is 12.4. The number of benzene rings is 1. The monoisotopic (exact) mass is 388 g/mol. The van der Waals surface area contributed by atoms with Gasteiger partial charge in [-0.25, -0.2) is 8.42 Å². The quantitative estimate of drug-likeness (QED) is 0.693. The predicted molar refractivity (Wildman–Crippen MR) is 97.1 cm³/mol. The summed E-state index contributed by atoms with van der Waals surface area (Å²) in [6.45, 7) is 4.53. The average molecular weight is 389 g/mol. The molecule has 1 aromatic rings. The Morgan fingerprint density at radius 2 is 1.92 bits per heavy atom. The normalized spacial score (nSPS) is 16.7. The largest absolute Gasteiger partial charge is 0.382 e. The van der Waals surface area contributed by atoms with Gasteiger partial charge in [0.2, 0.25) is 15.9 Å². The van der Waals surface area contributed by atoms with E-state index in [0.29, 0.717) is 50.7 Å². The van der Waals surface area contributed by atoms with E-state index in [-0.39, 0.29) is 16.7 Å². The molecule has 0 unspecified atom stereocenters. The first-order chi connectivity index (χ1) is 11.9. The summed E-state index contributed by atoms with van der Waals surface area (Å²) in [5, 5.41) is 3.40. The number of piperidine rings is 1. The van der Waals surface area contributed by atoms with Gasteiger partial charge in [-0.2, -0.15) is 4.31 Å². The highest BCUT2D eigenvalue weighted by atomic mass is 35.5. The van der Waals surface area contributed by atoms with E-state index in [1.165, 1.54) is 16.4 Å². The standard InChI is InChI=1S/C17H25ClN2O4S/c1-2-24-13-3-10-19-17(21)14-8-11-20(12-9-14)25(22,23)16-6-4-15(18)5-7-16/h4-7,14H,2-3,8-13H2,1H3,(H,19,21). The SMILES string of the molecule is CCOCCCNC(=O)C1CCN(S(=O)(=O)c2ccc(Cl)cc2)CC1. The van der Waals surface area contributed by atoms with Gasteiger partial charge in [0.15, 0.2) is 0 Å². The van der Waals surface area contributed by atoms with Crippen molar-refractivity contribution >= 4 is 27.5 Å². The molecule has 140 valence electrons. The summed E-state index contributed by atoms with van der Waals surface area (Å²) >= 11 is 5.81. The van der Waals surface area contributed by atoms with Crippen LogP contribution in [0.15, 0.2) is 29.2 Å². The van der Waals surface area contributed by atoms with Crippen LogP contribution in [-0.2, 0) is 19.6 Å². The second kappa shape index (κ2) is 9.52. The van der Waals surface area contributed by atoms with E-state index in [1.807, 2.05) is 6.92 Å². The average Bonchev–Trinajstić information content (AvgIpc) is 2.62. The number of amides is 1. The summed E-state index contributed by atoms with van der Waals surface area (Å²) in [5.41, 5.74) is 0. The lowest BCUT2D eigenvalue weighted by Crippen LogP contribution is -2.43. The first-order valence-electron chi connectivity index (χ1n) is 8.56. The zero-order chi connectivity index (χ0) is 18.3. The molecule has 1 aromatic carbocycles. The summed E-state index contributed by atoms with van der Waals surface area (Å²) < 4.78 is 31.9. The Hall–Kier alpha value is -1.15. The van der Waals surface area contributed by atoms with Gasteiger partial charge in [0.05, 0.1) is 4.90 Å². The molecule has 0 bridgehead atoms. The lowest BCUT2D eigenvalue weighted by atomic mass is 9.97. The number of halogens is 1. The van der Waals surface area contributed by atoms with Crippen LogP contribution in [0.3, 0.4) is 0 Å². The first kappa shape index (κ1) is 20.2. The molecule has 2 rings (SSSR count). The number of hydrogen-bond acceptors (Lipinski definition) is 4. The van der Waals surface area contributed by atoms with Crippen molar-refractivity contribution in [3.63, 3.8) is 0 Å². The van der Waals surface area contributed by atoms with E-state index in [0.717, 1.165) is 6.42 Å². The van der Waals surface area contributed by atoms with Gasteiger partial charge in [-0.3, -0.25) is 4.79 Å². The van der Waals surface area contributed by atoms with Crippen LogP contribution >= 0.6 is 11.6 Å². The lowest BCUT2D eigenvalue weighted by Gasteiger charge is -2.30. The number of hydrogen-bond donors (Lipinski definition) is 1. The molecule has 0 aliphatic carbocycles. The number of sulfonamides is 1. The topological polar surface area (TPSA) is 75.7 Å². The molecule has 1 aliphatic rings. The molecular formula is C17H25ClN2O4S. The molecule has 1 fully saturated rings. The van der Waals surface area contributed by atoms with Crippen LogP contribution in [0.2, 0.25) is 5.02 Å². The van der Waals surface area contributed by atoms with Crippen molar-refractivity contribution in [3.05, 3.63) is 29.3 Å². The number of ether oxygens (including phenoxy) is 1. The third-order valence-electron chi connectivity index (χ3n) is 4.24. The van der Waals surface area contributed by atoms with E-state index < -0.39 is 10.0 Å². The minimum Gasteiger partial charge on any atom is -0.382 e. The van der Waals surface area contributed by atoms with Gasteiger partial charge in [-0.05, 0) is 50.5 Å². The molecule has 0 atom stereocenters. The van der Waals surface area contributed by atoms with Crippen LogP contribution in [0.25, 0.3) is 0 Å². The Morgan fingerprint density at radius 3 is 2.52 bits per heavy atom. The van der Waals surface area contributed by atoms with Gasteiger partial charge >= 0.3 is 0 Å². The predicted octanol–water partition coefficient (Wildman–Crippen LogP) is 2.28. The highest BCUT2D eigenvalue weighted by Gasteiger charge is 2.31. The Morgan fingerprint density at radius 1 is 1.28 bits per heavy atom. The molecule has 0 aromatic heterocycles. The summed E-state index contributed by atoms with van der Waals surface area (Å²) in [6.07, 6.45) is 1.84. The molecule has 0 radical (unpaired) electrons. The highest BCUT2D eigenvalue weighted by molar-refractivity contribution is 7.89. The third kappa shape index (κ3) is 5.67. The molecule has 0 spiro atoms. The van der Waals surface area contributed by atoms with Gasteiger partial charge in [0.1, 0.15) is 0 Å². The molecule has 1 N–H and O–H groups in total. The van der Waals surface area contributed by atoms with Gasteiger partial charge in [-0.1, -0.05) is 11.6 Å². The van der Waals surface area contributed by atoms with Crippen LogP contribution in [-0.4, -0.2) is 51.5 Å². The number of carbonyl (C=O) groups excluding carboxylic acids is 1. The van der Waals surface area contributed by atoms with Crippen LogP contribution in [0.5, 0.6) is 0 Å². The number of rotatable bonds is 8. The minimum absolute atomic E-state index is 0.0000364. The Kier molecular flexibility index (Phi) is 7.68. The number of nitrogens with zero attached hydrogens (tertiary/aromatic N) is 1. The second-order valence-electron chi connectivity index (χ2n) is 5.97. The van der Waals surface area contributed by atoms with Gasteiger partial charge in [-0.15, -0.1) is 0 Å². The highest BCUT2D eigenvalue weighted by Crippen LogP contribution is 2.24. The maximum Gasteiger partial charge on any atom is 0.243 e. The first-order valence-corrected chi connectivity index (χ1v) is 10.4. The molecular weight excluding hydrogens is 364 g/mol. The van der Waals surface area contributed by atoms with E-state index in [2.05, 4.69) is 5.32 Å². The molecule has 1 aliphatic heterocycles.